The molecule has 0 aliphatic rings. The zero-order valence-electron chi connectivity index (χ0n) is 50.7. The number of hydrogen-bond acceptors (Lipinski definition) is 5. The summed E-state index contributed by atoms with van der Waals surface area (Å²) in [4.78, 5) is 23.3. The van der Waals surface area contributed by atoms with Crippen LogP contribution in [0.2, 0.25) is 0 Å². The Morgan fingerprint density at radius 2 is 0.792 bits per heavy atom. The first kappa shape index (κ1) is 74.2. The summed E-state index contributed by atoms with van der Waals surface area (Å²) >= 11 is 0. The molecule has 3 N–H and O–H groups in total. The van der Waals surface area contributed by atoms with Gasteiger partial charge in [0, 0.05) is 6.42 Å². The maximum Gasteiger partial charge on any atom is 0.472 e. The van der Waals surface area contributed by atoms with Crippen LogP contribution in [0.25, 0.3) is 0 Å². The molecule has 0 aliphatic heterocycles. The van der Waals surface area contributed by atoms with E-state index >= 15 is 0 Å². The molecule has 0 saturated carbocycles. The molecule has 0 bridgehead atoms. The Balaban J connectivity index is 4.10. The highest BCUT2D eigenvalue weighted by Gasteiger charge is 2.27. The van der Waals surface area contributed by atoms with Crippen molar-refractivity contribution < 1.29 is 32.9 Å². The van der Waals surface area contributed by atoms with Crippen LogP contribution in [0.15, 0.2) is 109 Å². The summed E-state index contributed by atoms with van der Waals surface area (Å²) in [6, 6.07) is -0.869. The van der Waals surface area contributed by atoms with Crippen molar-refractivity contribution in [1.82, 2.24) is 5.32 Å². The quantitative estimate of drug-likeness (QED) is 0.0243. The molecular weight excluding hydrogens is 972 g/mol. The van der Waals surface area contributed by atoms with Gasteiger partial charge in [-0.3, -0.25) is 13.8 Å². The van der Waals surface area contributed by atoms with Gasteiger partial charge in [-0.15, -0.1) is 0 Å². The largest absolute Gasteiger partial charge is 0.472 e. The molecule has 0 rings (SSSR count). The molecule has 3 unspecified atom stereocenters. The Hall–Kier alpha value is -2.84. The van der Waals surface area contributed by atoms with Crippen LogP contribution in [-0.2, 0) is 18.4 Å². The summed E-state index contributed by atoms with van der Waals surface area (Å²) in [5, 5.41) is 13.9. The molecular formula is C68H122N2O6P+. The number of rotatable bonds is 57. The van der Waals surface area contributed by atoms with E-state index in [9.17, 15) is 19.4 Å². The first-order valence-corrected chi connectivity index (χ1v) is 33.3. The molecule has 8 nitrogen and oxygen atoms in total. The van der Waals surface area contributed by atoms with Crippen LogP contribution in [0.4, 0.5) is 0 Å². The number of unbranched alkanes of at least 4 members (excludes halogenated alkanes) is 28. The molecule has 0 spiro atoms. The van der Waals surface area contributed by atoms with Gasteiger partial charge in [-0.1, -0.05) is 277 Å². The van der Waals surface area contributed by atoms with E-state index in [4.69, 9.17) is 9.05 Å². The van der Waals surface area contributed by atoms with Gasteiger partial charge >= 0.3 is 7.82 Å². The molecule has 0 saturated heterocycles. The first-order chi connectivity index (χ1) is 37.5. The third-order valence-electron chi connectivity index (χ3n) is 13.7. The Morgan fingerprint density at radius 1 is 0.455 bits per heavy atom. The number of hydrogen-bond donors (Lipinski definition) is 3. The second-order valence-electron chi connectivity index (χ2n) is 22.4. The fourth-order valence-electron chi connectivity index (χ4n) is 8.80. The zero-order chi connectivity index (χ0) is 56.3. The van der Waals surface area contributed by atoms with Crippen molar-refractivity contribution in [2.75, 3.05) is 40.9 Å². The van der Waals surface area contributed by atoms with Crippen LogP contribution in [-0.4, -0.2) is 73.4 Å². The van der Waals surface area contributed by atoms with Crippen molar-refractivity contribution in [1.29, 1.82) is 0 Å². The van der Waals surface area contributed by atoms with E-state index in [1.807, 2.05) is 27.2 Å². The number of carbonyl (C=O) groups excluding carboxylic acids is 1. The van der Waals surface area contributed by atoms with Crippen molar-refractivity contribution in [3.05, 3.63) is 109 Å². The van der Waals surface area contributed by atoms with Gasteiger partial charge in [-0.2, -0.15) is 0 Å². The number of nitrogens with one attached hydrogen (secondary N) is 1. The maximum absolute atomic E-state index is 13.0. The van der Waals surface area contributed by atoms with Gasteiger partial charge < -0.3 is 19.8 Å². The Kier molecular flexibility index (Phi) is 55.7. The van der Waals surface area contributed by atoms with E-state index in [0.29, 0.717) is 17.4 Å². The van der Waals surface area contributed by atoms with Crippen molar-refractivity contribution >= 4 is 13.7 Å². The lowest BCUT2D eigenvalue weighted by atomic mass is 10.0. The minimum atomic E-state index is -4.36. The third-order valence-corrected chi connectivity index (χ3v) is 14.7. The van der Waals surface area contributed by atoms with E-state index < -0.39 is 20.0 Å². The Labute approximate surface area is 476 Å². The number of quaternary nitrogens is 1. The standard InChI is InChI=1S/C68H121N2O6P/c1-6-8-10-12-14-16-18-20-22-24-26-27-28-29-30-31-32-33-34-35-36-37-38-39-40-41-42-43-44-46-48-50-52-54-56-58-60-62-68(72)69-66(65-76-77(73,74)75-64-63-70(3,4)5)67(71)61-59-57-55-53-51-49-47-45-25-23-21-19-17-15-13-11-9-7-2/h8,10,14,16,20,22,26-27,29-30,32-33,35-36,51,53,59,61,66-67,71H,6-7,9,11-13,15,17-19,21,23-25,28,31,34,37-50,52,54-58,60,62-65H2,1-5H3,(H-,69,72,73,74)/p+1/b10-8-,16-14-,22-20-,27-26-,30-29-,33-32-,36-35-,53-51+,61-59+. The lowest BCUT2D eigenvalue weighted by molar-refractivity contribution is -0.870. The molecule has 444 valence electrons. The van der Waals surface area contributed by atoms with Crippen LogP contribution < -0.4 is 5.32 Å². The highest BCUT2D eigenvalue weighted by Crippen LogP contribution is 2.43. The topological polar surface area (TPSA) is 105 Å². The van der Waals surface area contributed by atoms with Gasteiger partial charge in [0.15, 0.2) is 0 Å². The van der Waals surface area contributed by atoms with Crippen LogP contribution in [0, 0.1) is 0 Å². The number of aliphatic hydroxyl groups is 1. The summed E-state index contributed by atoms with van der Waals surface area (Å²) in [6.45, 7) is 4.69. The smallest absolute Gasteiger partial charge is 0.387 e. The molecule has 0 aromatic carbocycles. The molecule has 0 heterocycles. The molecule has 9 heteroatoms. The van der Waals surface area contributed by atoms with Gasteiger partial charge in [-0.25, -0.2) is 4.57 Å². The third kappa shape index (κ3) is 60.6. The Bertz CT molecular complexity index is 1620. The fraction of sp³-hybridized carbons (Fsp3) is 0.721. The van der Waals surface area contributed by atoms with Gasteiger partial charge in [-0.05, 0) is 89.9 Å². The van der Waals surface area contributed by atoms with Crippen LogP contribution in [0.1, 0.15) is 264 Å². The van der Waals surface area contributed by atoms with E-state index in [0.717, 1.165) is 83.5 Å². The number of carbonyl (C=O) groups is 1. The van der Waals surface area contributed by atoms with E-state index in [-0.39, 0.29) is 19.1 Å². The molecule has 0 fully saturated rings. The first-order valence-electron chi connectivity index (χ1n) is 31.8. The lowest BCUT2D eigenvalue weighted by Gasteiger charge is -2.25. The number of phosphoric acid groups is 1. The van der Waals surface area contributed by atoms with Gasteiger partial charge in [0.1, 0.15) is 13.2 Å². The lowest BCUT2D eigenvalue weighted by Crippen LogP contribution is -2.45. The summed E-state index contributed by atoms with van der Waals surface area (Å²) in [6.07, 6.45) is 85.0. The van der Waals surface area contributed by atoms with Crippen LogP contribution in [0.3, 0.4) is 0 Å². The SMILES string of the molecule is CC/C=C\C/C=C\C/C=C\C/C=C\C/C=C\C/C=C\C/C=C\CCCCCCCCCCCCCCCCCC(=O)NC(COP(=O)(O)OCC[N+](C)(C)C)C(O)/C=C/CC/C=C/CCCCCCCCCCCCCC. The fourth-order valence-corrected chi connectivity index (χ4v) is 9.54. The molecule has 0 aliphatic carbocycles. The number of likely N-dealkylation sites (N-methyl/N-ethyl adjacent to an activating group) is 1. The number of amides is 1. The van der Waals surface area contributed by atoms with Crippen molar-refractivity contribution in [3.63, 3.8) is 0 Å². The number of allylic oxidation sites excluding steroid dienone is 17. The van der Waals surface area contributed by atoms with Crippen molar-refractivity contribution in [2.45, 2.75) is 276 Å². The molecule has 0 aromatic rings. The van der Waals surface area contributed by atoms with Crippen molar-refractivity contribution in [3.8, 4) is 0 Å². The normalized spacial score (nSPS) is 14.5. The highest BCUT2D eigenvalue weighted by molar-refractivity contribution is 7.47. The molecule has 0 radical (unpaired) electrons. The molecule has 1 amide bonds. The van der Waals surface area contributed by atoms with Crippen molar-refractivity contribution in [2.24, 2.45) is 0 Å². The van der Waals surface area contributed by atoms with Crippen LogP contribution in [0.5, 0.6) is 0 Å². The highest BCUT2D eigenvalue weighted by atomic mass is 31.2. The number of aliphatic hydroxyl groups excluding tert-OH is 1. The summed E-state index contributed by atoms with van der Waals surface area (Å²) in [5.41, 5.74) is 0. The second-order valence-corrected chi connectivity index (χ2v) is 23.8. The molecule has 3 atom stereocenters. The summed E-state index contributed by atoms with van der Waals surface area (Å²) in [7, 11) is 1.55. The molecule has 77 heavy (non-hydrogen) atoms. The van der Waals surface area contributed by atoms with Gasteiger partial charge in [0.2, 0.25) is 5.91 Å². The van der Waals surface area contributed by atoms with Gasteiger partial charge in [0.05, 0.1) is 39.9 Å². The maximum atomic E-state index is 13.0. The second kappa shape index (κ2) is 57.8. The van der Waals surface area contributed by atoms with Gasteiger partial charge in [0.25, 0.3) is 0 Å². The minimum Gasteiger partial charge on any atom is -0.387 e. The van der Waals surface area contributed by atoms with E-state index in [1.54, 1.807) is 6.08 Å². The average molecular weight is 1090 g/mol. The number of phosphoric ester groups is 1. The predicted molar refractivity (Wildman–Crippen MR) is 336 cm³/mol. The Morgan fingerprint density at radius 3 is 1.19 bits per heavy atom. The molecule has 0 aromatic heterocycles. The van der Waals surface area contributed by atoms with Crippen LogP contribution >= 0.6 is 7.82 Å². The predicted octanol–water partition coefficient (Wildman–Crippen LogP) is 19.9. The monoisotopic (exact) mass is 1090 g/mol. The summed E-state index contributed by atoms with van der Waals surface area (Å²) < 4.78 is 23.7. The van der Waals surface area contributed by atoms with E-state index in [1.165, 1.54) is 161 Å². The average Bonchev–Trinajstić information content (AvgIpc) is 3.39. The zero-order valence-corrected chi connectivity index (χ0v) is 51.6. The minimum absolute atomic E-state index is 0.0528. The summed E-state index contributed by atoms with van der Waals surface area (Å²) in [5.74, 6) is -0.189. The van der Waals surface area contributed by atoms with E-state index in [2.05, 4.69) is 116 Å². The number of nitrogens with zero attached hydrogens (tertiary/aromatic N) is 1.